The van der Waals surface area contributed by atoms with Crippen LogP contribution < -0.4 is 27.4 Å². The molecule has 3 rings (SSSR count). The molecule has 0 radical (unpaired) electrons. The van der Waals surface area contributed by atoms with Gasteiger partial charge in [0, 0.05) is 37.6 Å². The molecule has 1 saturated carbocycles. The highest BCUT2D eigenvalue weighted by atomic mass is 16.7. The Morgan fingerprint density at radius 1 is 1.08 bits per heavy atom. The number of aliphatic hydroxyl groups is 7. The molecule has 14 N–H and O–H groups in total. The molecule has 0 aromatic rings. The molecule has 2 saturated heterocycles. The van der Waals surface area contributed by atoms with E-state index in [2.05, 4.69) is 16.0 Å². The minimum atomic E-state index is -1.55. The van der Waals surface area contributed by atoms with Gasteiger partial charge in [-0.05, 0) is 26.9 Å². The van der Waals surface area contributed by atoms with Crippen molar-refractivity contribution in [2.24, 2.45) is 17.4 Å². The van der Waals surface area contributed by atoms with Crippen LogP contribution in [0.15, 0.2) is 0 Å². The summed E-state index contributed by atoms with van der Waals surface area (Å²) in [5.41, 5.74) is 10.7. The van der Waals surface area contributed by atoms with Crippen molar-refractivity contribution >= 4 is 0 Å². The predicted octanol–water partition coefficient (Wildman–Crippen LogP) is -6.13. The maximum absolute atomic E-state index is 11.6. The first-order chi connectivity index (χ1) is 18.4. The van der Waals surface area contributed by atoms with Crippen LogP contribution in [0.2, 0.25) is 0 Å². The van der Waals surface area contributed by atoms with Crippen molar-refractivity contribution in [2.75, 3.05) is 39.8 Å². The molecule has 2 unspecified atom stereocenters. The van der Waals surface area contributed by atoms with Crippen molar-refractivity contribution in [3.05, 3.63) is 0 Å². The molecular formula is C24H49N5O10. The summed E-state index contributed by atoms with van der Waals surface area (Å²) in [6, 6.07) is -2.18. The monoisotopic (exact) mass is 567 g/mol. The summed E-state index contributed by atoms with van der Waals surface area (Å²) in [6.07, 6.45) is -12.2. The normalized spacial score (nSPS) is 48.2. The largest absolute Gasteiger partial charge is 0.390 e. The van der Waals surface area contributed by atoms with Crippen molar-refractivity contribution < 1.29 is 50.0 Å². The summed E-state index contributed by atoms with van der Waals surface area (Å²) in [7, 11) is 1.58. The van der Waals surface area contributed by atoms with E-state index in [9.17, 15) is 35.7 Å². The number of hydrogen-bond acceptors (Lipinski definition) is 15. The lowest BCUT2D eigenvalue weighted by atomic mass is 9.72. The number of rotatable bonds is 11. The third-order valence-electron chi connectivity index (χ3n) is 8.19. The Morgan fingerprint density at radius 2 is 1.77 bits per heavy atom. The van der Waals surface area contributed by atoms with Gasteiger partial charge in [-0.15, -0.1) is 0 Å². The number of hydrogen-bond donors (Lipinski definition) is 12. The second-order valence-electron chi connectivity index (χ2n) is 11.2. The van der Waals surface area contributed by atoms with Crippen LogP contribution in [-0.2, 0) is 14.2 Å². The van der Waals surface area contributed by atoms with Crippen LogP contribution in [0, 0.1) is 5.92 Å². The SMILES string of the molecule is CCNC[C@H]1O[C@H](C2[C@@H](N)C[C@@H](NCC(O)CN)[C@H](O[C@H]3OC[C@](C)(O)[C@H](NC)[C@H]3O)[C@H]2O)[C@H](O)[C@@H](O)[C@@H]1O. The summed E-state index contributed by atoms with van der Waals surface area (Å²) >= 11 is 0. The Labute approximate surface area is 228 Å². The standard InChI is InChI=1S/C24H49N5O10/c1-4-28-8-13-15(31)17(33)18(34)21(38-13)14-11(26)5-12(29-7-10(30)6-25)20(16(14)32)39-23-19(35)22(27-3)24(2,36)9-37-23/h10-23,27-36H,4-9,25-26H2,1-3H3/t10?,11-,12+,13+,14?,15+,16-,17-,18+,19+,20-,21+,22+,23+,24-/m0/s1. The number of nitrogens with two attached hydrogens (primary N) is 2. The highest BCUT2D eigenvalue weighted by Crippen LogP contribution is 2.37. The lowest BCUT2D eigenvalue weighted by molar-refractivity contribution is -0.303. The maximum Gasteiger partial charge on any atom is 0.185 e. The number of aliphatic hydroxyl groups excluding tert-OH is 6. The molecule has 0 amide bonds. The minimum Gasteiger partial charge on any atom is -0.390 e. The molecule has 3 aliphatic rings. The van der Waals surface area contributed by atoms with Crippen LogP contribution >= 0.6 is 0 Å². The summed E-state index contributed by atoms with van der Waals surface area (Å²) in [4.78, 5) is 0. The first-order valence-corrected chi connectivity index (χ1v) is 13.7. The fraction of sp³-hybridized carbons (Fsp3) is 1.00. The van der Waals surface area contributed by atoms with Crippen LogP contribution in [0.4, 0.5) is 0 Å². The first-order valence-electron chi connectivity index (χ1n) is 13.7. The molecule has 0 spiro atoms. The summed E-state index contributed by atoms with van der Waals surface area (Å²) in [5.74, 6) is -0.947. The number of ether oxygens (including phenoxy) is 3. The molecule has 15 atom stereocenters. The van der Waals surface area contributed by atoms with E-state index in [1.54, 1.807) is 7.05 Å². The van der Waals surface area contributed by atoms with Crippen molar-refractivity contribution in [1.82, 2.24) is 16.0 Å². The smallest absolute Gasteiger partial charge is 0.185 e. The molecule has 15 nitrogen and oxygen atoms in total. The third-order valence-corrected chi connectivity index (χ3v) is 8.19. The zero-order valence-electron chi connectivity index (χ0n) is 22.8. The molecule has 39 heavy (non-hydrogen) atoms. The molecule has 2 aliphatic heterocycles. The fourth-order valence-electron chi connectivity index (χ4n) is 5.95. The van der Waals surface area contributed by atoms with Gasteiger partial charge in [0.25, 0.3) is 0 Å². The molecule has 15 heteroatoms. The lowest BCUT2D eigenvalue weighted by Gasteiger charge is -2.52. The van der Waals surface area contributed by atoms with Crippen molar-refractivity contribution in [2.45, 2.75) is 105 Å². The van der Waals surface area contributed by atoms with E-state index >= 15 is 0 Å². The van der Waals surface area contributed by atoms with Gasteiger partial charge in [0.1, 0.15) is 36.1 Å². The molecule has 230 valence electrons. The van der Waals surface area contributed by atoms with Crippen LogP contribution in [-0.4, -0.2) is 161 Å². The van der Waals surface area contributed by atoms with E-state index in [0.29, 0.717) is 6.54 Å². The number of likely N-dealkylation sites (N-methyl/N-ethyl adjacent to an activating group) is 2. The van der Waals surface area contributed by atoms with E-state index < -0.39 is 90.9 Å². The predicted molar refractivity (Wildman–Crippen MR) is 138 cm³/mol. The molecule has 1 aliphatic carbocycles. The van der Waals surface area contributed by atoms with Gasteiger partial charge in [0.15, 0.2) is 6.29 Å². The van der Waals surface area contributed by atoms with Gasteiger partial charge in [-0.1, -0.05) is 6.92 Å². The molecule has 2 heterocycles. The molecule has 0 aromatic heterocycles. The Bertz CT molecular complexity index is 756. The van der Waals surface area contributed by atoms with Crippen molar-refractivity contribution in [1.29, 1.82) is 0 Å². The highest BCUT2D eigenvalue weighted by Gasteiger charge is 2.55. The Kier molecular flexibility index (Phi) is 11.9. The highest BCUT2D eigenvalue weighted by molar-refractivity contribution is 5.07. The fourth-order valence-corrected chi connectivity index (χ4v) is 5.95. The van der Waals surface area contributed by atoms with E-state index in [1.807, 2.05) is 6.92 Å². The van der Waals surface area contributed by atoms with E-state index in [4.69, 9.17) is 25.7 Å². The van der Waals surface area contributed by atoms with Crippen molar-refractivity contribution in [3.8, 4) is 0 Å². The Hall–Kier alpha value is -0.600. The van der Waals surface area contributed by atoms with E-state index in [1.165, 1.54) is 6.92 Å². The van der Waals surface area contributed by atoms with Gasteiger partial charge in [-0.25, -0.2) is 0 Å². The topological polar surface area (TPSA) is 257 Å². The van der Waals surface area contributed by atoms with Crippen LogP contribution in [0.25, 0.3) is 0 Å². The van der Waals surface area contributed by atoms with E-state index in [-0.39, 0.29) is 32.7 Å². The van der Waals surface area contributed by atoms with Gasteiger partial charge in [0.05, 0.1) is 37.1 Å². The molecule has 3 fully saturated rings. The van der Waals surface area contributed by atoms with Crippen LogP contribution in [0.1, 0.15) is 20.3 Å². The number of nitrogens with one attached hydrogen (secondary N) is 3. The average Bonchev–Trinajstić information content (AvgIpc) is 2.89. The second-order valence-corrected chi connectivity index (χ2v) is 11.2. The molecular weight excluding hydrogens is 518 g/mol. The van der Waals surface area contributed by atoms with Crippen LogP contribution in [0.5, 0.6) is 0 Å². The van der Waals surface area contributed by atoms with Gasteiger partial charge < -0.3 is 77.4 Å². The second kappa shape index (κ2) is 14.0. The summed E-state index contributed by atoms with van der Waals surface area (Å²) < 4.78 is 17.8. The van der Waals surface area contributed by atoms with Crippen molar-refractivity contribution in [3.63, 3.8) is 0 Å². The van der Waals surface area contributed by atoms with Crippen LogP contribution in [0.3, 0.4) is 0 Å². The third kappa shape index (κ3) is 7.25. The zero-order chi connectivity index (χ0) is 29.1. The quantitative estimate of drug-likeness (QED) is 0.111. The minimum absolute atomic E-state index is 0.00135. The van der Waals surface area contributed by atoms with Gasteiger partial charge in [0.2, 0.25) is 0 Å². The summed E-state index contributed by atoms with van der Waals surface area (Å²) in [6.45, 7) is 4.09. The first kappa shape index (κ1) is 32.9. The zero-order valence-corrected chi connectivity index (χ0v) is 22.8. The Balaban J connectivity index is 1.86. The lowest BCUT2D eigenvalue weighted by Crippen LogP contribution is -2.71. The molecule has 0 aromatic carbocycles. The molecule has 0 bridgehead atoms. The summed E-state index contributed by atoms with van der Waals surface area (Å²) in [5, 5.41) is 84.1. The van der Waals surface area contributed by atoms with Gasteiger partial charge >= 0.3 is 0 Å². The average molecular weight is 568 g/mol. The van der Waals surface area contributed by atoms with Gasteiger partial charge in [-0.3, -0.25) is 0 Å². The van der Waals surface area contributed by atoms with Gasteiger partial charge in [-0.2, -0.15) is 0 Å². The van der Waals surface area contributed by atoms with E-state index in [0.717, 1.165) is 0 Å². The maximum atomic E-state index is 11.6. The Morgan fingerprint density at radius 3 is 2.38 bits per heavy atom.